The summed E-state index contributed by atoms with van der Waals surface area (Å²) in [6, 6.07) is 0.155. The first-order chi connectivity index (χ1) is 13.4. The molecule has 2 heterocycles. The van der Waals surface area contributed by atoms with Gasteiger partial charge < -0.3 is 14.8 Å². The maximum absolute atomic E-state index is 13.5. The van der Waals surface area contributed by atoms with Crippen molar-refractivity contribution in [3.05, 3.63) is 33.7 Å². The molecule has 0 unspecified atom stereocenters. The minimum Gasteiger partial charge on any atom is -0.352 e. The maximum Gasteiger partial charge on any atom is 0.259 e. The van der Waals surface area contributed by atoms with Crippen molar-refractivity contribution in [2.75, 3.05) is 13.1 Å². The lowest BCUT2D eigenvalue weighted by Crippen LogP contribution is -2.41. The summed E-state index contributed by atoms with van der Waals surface area (Å²) in [5, 5.41) is 2.70. The van der Waals surface area contributed by atoms with E-state index in [1.165, 1.54) is 0 Å². The van der Waals surface area contributed by atoms with E-state index in [1.54, 1.807) is 12.4 Å². The van der Waals surface area contributed by atoms with E-state index in [0.717, 1.165) is 19.3 Å². The summed E-state index contributed by atoms with van der Waals surface area (Å²) in [6.07, 6.45) is 6.24. The van der Waals surface area contributed by atoms with Crippen molar-refractivity contribution in [1.82, 2.24) is 14.8 Å². The van der Waals surface area contributed by atoms with Gasteiger partial charge in [0.1, 0.15) is 11.1 Å². The molecule has 1 aliphatic heterocycles. The summed E-state index contributed by atoms with van der Waals surface area (Å²) in [6.45, 7) is 14.5. The molecule has 1 aliphatic carbocycles. The molecule has 1 aromatic heterocycles. The van der Waals surface area contributed by atoms with Gasteiger partial charge in [0.2, 0.25) is 5.43 Å². The average Bonchev–Trinajstić information content (AvgIpc) is 2.84. The van der Waals surface area contributed by atoms with Gasteiger partial charge in [-0.1, -0.05) is 34.6 Å². The second-order valence-electron chi connectivity index (χ2n) is 10.5. The Morgan fingerprint density at radius 2 is 1.83 bits per heavy atom. The Morgan fingerprint density at radius 3 is 2.45 bits per heavy atom. The first-order valence-corrected chi connectivity index (χ1v) is 10.8. The summed E-state index contributed by atoms with van der Waals surface area (Å²) < 4.78 is 1.82. The first kappa shape index (κ1) is 21.6. The van der Waals surface area contributed by atoms with Crippen LogP contribution in [0.4, 0.5) is 0 Å². The molecule has 1 aromatic rings. The Hall–Kier alpha value is -2.11. The zero-order valence-electron chi connectivity index (χ0n) is 18.7. The summed E-state index contributed by atoms with van der Waals surface area (Å²) in [5.41, 5.74) is -0.0221. The number of hydrogen-bond donors (Lipinski definition) is 1. The van der Waals surface area contributed by atoms with Crippen LogP contribution in [0.5, 0.6) is 0 Å². The van der Waals surface area contributed by atoms with Crippen LogP contribution in [0.3, 0.4) is 0 Å². The Labute approximate surface area is 173 Å². The van der Waals surface area contributed by atoms with Crippen LogP contribution < -0.4 is 10.7 Å². The molecule has 2 bridgehead atoms. The van der Waals surface area contributed by atoms with Crippen LogP contribution in [0, 0.1) is 16.7 Å². The predicted molar refractivity (Wildman–Crippen MR) is 114 cm³/mol. The number of rotatable bonds is 5. The first-order valence-electron chi connectivity index (χ1n) is 10.8. The SMILES string of the molecule is CCNC(=O)c1cn(CC(C)C)cc(C(=O)N2C[C@]3(C)C[C@H]2CC(C)(C)C3)c1=O. The van der Waals surface area contributed by atoms with Crippen molar-refractivity contribution in [2.24, 2.45) is 16.7 Å². The molecular formula is C23H35N3O3. The van der Waals surface area contributed by atoms with E-state index in [9.17, 15) is 14.4 Å². The smallest absolute Gasteiger partial charge is 0.259 e. The monoisotopic (exact) mass is 401 g/mol. The molecule has 1 saturated carbocycles. The van der Waals surface area contributed by atoms with Crippen molar-refractivity contribution in [3.63, 3.8) is 0 Å². The molecule has 6 heteroatoms. The molecule has 2 amide bonds. The molecule has 160 valence electrons. The highest BCUT2D eigenvalue weighted by Crippen LogP contribution is 2.52. The van der Waals surface area contributed by atoms with E-state index in [0.29, 0.717) is 25.6 Å². The highest BCUT2D eigenvalue weighted by molar-refractivity contribution is 5.99. The summed E-state index contributed by atoms with van der Waals surface area (Å²) >= 11 is 0. The zero-order valence-corrected chi connectivity index (χ0v) is 18.7. The third-order valence-corrected chi connectivity index (χ3v) is 6.14. The van der Waals surface area contributed by atoms with Crippen molar-refractivity contribution in [2.45, 2.75) is 73.4 Å². The lowest BCUT2D eigenvalue weighted by Gasteiger charge is -2.39. The van der Waals surface area contributed by atoms with Gasteiger partial charge in [0.15, 0.2) is 0 Å². The standard InChI is InChI=1S/C23H35N3O3/c1-7-24-20(28)17-11-25(10-15(2)3)12-18(19(17)27)21(29)26-14-23(6)9-16(26)8-22(4,5)13-23/h11-12,15-16H,7-10,13-14H2,1-6H3,(H,24,28)/t16-,23-/m1/s1. The number of carbonyl (C=O) groups is 2. The molecule has 0 spiro atoms. The Morgan fingerprint density at radius 1 is 1.17 bits per heavy atom. The van der Waals surface area contributed by atoms with Crippen LogP contribution in [0.1, 0.15) is 81.5 Å². The number of fused-ring (bicyclic) bond motifs is 2. The zero-order chi connectivity index (χ0) is 21.6. The van der Waals surface area contributed by atoms with Gasteiger partial charge in [-0.2, -0.15) is 0 Å². The van der Waals surface area contributed by atoms with Gasteiger partial charge in [-0.15, -0.1) is 0 Å². The number of likely N-dealkylation sites (tertiary alicyclic amines) is 1. The van der Waals surface area contributed by atoms with E-state index in [4.69, 9.17) is 0 Å². The number of nitrogens with one attached hydrogen (secondary N) is 1. The van der Waals surface area contributed by atoms with Gasteiger partial charge in [-0.05, 0) is 42.9 Å². The lowest BCUT2D eigenvalue weighted by atomic mass is 9.65. The third-order valence-electron chi connectivity index (χ3n) is 6.14. The number of nitrogens with zero attached hydrogens (tertiary/aromatic N) is 2. The summed E-state index contributed by atoms with van der Waals surface area (Å²) in [7, 11) is 0. The van der Waals surface area contributed by atoms with Crippen LogP contribution in [0.2, 0.25) is 0 Å². The average molecular weight is 402 g/mol. The highest BCUT2D eigenvalue weighted by Gasteiger charge is 2.51. The van der Waals surface area contributed by atoms with Gasteiger partial charge in [0, 0.05) is 38.1 Å². The van der Waals surface area contributed by atoms with Crippen LogP contribution in [0.25, 0.3) is 0 Å². The second kappa shape index (κ2) is 7.62. The highest BCUT2D eigenvalue weighted by atomic mass is 16.2. The van der Waals surface area contributed by atoms with Crippen LogP contribution >= 0.6 is 0 Å². The fraction of sp³-hybridized carbons (Fsp3) is 0.696. The molecule has 1 N–H and O–H groups in total. The molecule has 3 rings (SSSR count). The van der Waals surface area contributed by atoms with Crippen molar-refractivity contribution in [3.8, 4) is 0 Å². The number of hydrogen-bond acceptors (Lipinski definition) is 3. The Bertz CT molecular complexity index is 871. The van der Waals surface area contributed by atoms with Crippen molar-refractivity contribution in [1.29, 1.82) is 0 Å². The molecule has 6 nitrogen and oxygen atoms in total. The normalized spacial score (nSPS) is 25.3. The van der Waals surface area contributed by atoms with E-state index < -0.39 is 11.3 Å². The van der Waals surface area contributed by atoms with E-state index in [1.807, 2.05) is 16.4 Å². The molecule has 0 aromatic carbocycles. The summed E-state index contributed by atoms with van der Waals surface area (Å²) in [5.74, 6) is -0.323. The minimum absolute atomic E-state index is 0.0482. The third kappa shape index (κ3) is 4.41. The Kier molecular flexibility index (Phi) is 5.67. The van der Waals surface area contributed by atoms with Gasteiger partial charge in [0.25, 0.3) is 11.8 Å². The van der Waals surface area contributed by atoms with Gasteiger partial charge in [-0.25, -0.2) is 0 Å². The number of amides is 2. The van der Waals surface area contributed by atoms with Gasteiger partial charge in [-0.3, -0.25) is 14.4 Å². The van der Waals surface area contributed by atoms with Crippen LogP contribution in [-0.4, -0.2) is 40.4 Å². The van der Waals surface area contributed by atoms with Crippen LogP contribution in [0.15, 0.2) is 17.2 Å². The molecular weight excluding hydrogens is 366 g/mol. The predicted octanol–water partition coefficient (Wildman–Crippen LogP) is 3.29. The van der Waals surface area contributed by atoms with E-state index in [-0.39, 0.29) is 33.9 Å². The van der Waals surface area contributed by atoms with Crippen molar-refractivity contribution < 1.29 is 9.59 Å². The fourth-order valence-corrected chi connectivity index (χ4v) is 5.58. The van der Waals surface area contributed by atoms with Gasteiger partial charge in [0.05, 0.1) is 0 Å². The maximum atomic E-state index is 13.5. The van der Waals surface area contributed by atoms with Crippen LogP contribution in [-0.2, 0) is 6.54 Å². The molecule has 2 atom stereocenters. The molecule has 0 radical (unpaired) electrons. The van der Waals surface area contributed by atoms with E-state index >= 15 is 0 Å². The molecule has 29 heavy (non-hydrogen) atoms. The van der Waals surface area contributed by atoms with E-state index in [2.05, 4.69) is 39.9 Å². The number of aromatic nitrogens is 1. The number of pyridine rings is 1. The second-order valence-corrected chi connectivity index (χ2v) is 10.5. The number of carbonyl (C=O) groups excluding carboxylic acids is 2. The van der Waals surface area contributed by atoms with Crippen molar-refractivity contribution >= 4 is 11.8 Å². The summed E-state index contributed by atoms with van der Waals surface area (Å²) in [4.78, 5) is 41.0. The Balaban J connectivity index is 2.01. The largest absolute Gasteiger partial charge is 0.352 e. The quantitative estimate of drug-likeness (QED) is 0.823. The lowest BCUT2D eigenvalue weighted by molar-refractivity contribution is 0.0706. The molecule has 1 saturated heterocycles. The minimum atomic E-state index is -0.466. The van der Waals surface area contributed by atoms with Gasteiger partial charge >= 0.3 is 0 Å². The fourth-order valence-electron chi connectivity index (χ4n) is 5.58. The molecule has 2 aliphatic rings. The topological polar surface area (TPSA) is 71.4 Å². The molecule has 2 fully saturated rings.